The number of nitrogens with zero attached hydrogens (tertiary/aromatic N) is 2. The molecule has 0 unspecified atom stereocenters. The number of primary sulfonamides is 1. The van der Waals surface area contributed by atoms with Gasteiger partial charge < -0.3 is 5.32 Å². The average Bonchev–Trinajstić information content (AvgIpc) is 3.23. The van der Waals surface area contributed by atoms with Crippen LogP contribution in [0.4, 0.5) is 20.7 Å². The molecule has 0 radical (unpaired) electrons. The van der Waals surface area contributed by atoms with Crippen LogP contribution in [0.15, 0.2) is 89.8 Å². The number of urea groups is 1. The van der Waals surface area contributed by atoms with Crippen molar-refractivity contribution in [2.45, 2.75) is 11.6 Å². The fourth-order valence-corrected chi connectivity index (χ4v) is 3.76. The summed E-state index contributed by atoms with van der Waals surface area (Å²) in [6, 6.07) is 22.9. The van der Waals surface area contributed by atoms with Crippen LogP contribution in [-0.2, 0) is 16.7 Å². The number of benzene rings is 3. The van der Waals surface area contributed by atoms with Crippen LogP contribution in [0.5, 0.6) is 0 Å². The highest BCUT2D eigenvalue weighted by Gasteiger charge is 2.15. The highest BCUT2D eigenvalue weighted by atomic mass is 32.2. The molecule has 4 aromatic rings. The second-order valence-electron chi connectivity index (χ2n) is 7.14. The molecule has 0 saturated heterocycles. The molecule has 0 aliphatic rings. The minimum atomic E-state index is -3.83. The molecule has 4 N–H and O–H groups in total. The lowest BCUT2D eigenvalue weighted by molar-refractivity contribution is 0.262. The summed E-state index contributed by atoms with van der Waals surface area (Å²) < 4.78 is 37.6. The van der Waals surface area contributed by atoms with Crippen LogP contribution in [0.25, 0.3) is 16.9 Å². The molecule has 0 atom stereocenters. The lowest BCUT2D eigenvalue weighted by Crippen LogP contribution is -2.19. The molecule has 1 heterocycles. The van der Waals surface area contributed by atoms with Gasteiger partial charge in [-0.25, -0.2) is 27.4 Å². The van der Waals surface area contributed by atoms with Gasteiger partial charge in [0.05, 0.1) is 16.3 Å². The van der Waals surface area contributed by atoms with Crippen LogP contribution in [0, 0.1) is 0 Å². The summed E-state index contributed by atoms with van der Waals surface area (Å²) in [4.78, 5) is 12.5. The van der Waals surface area contributed by atoms with E-state index in [-0.39, 0.29) is 10.7 Å². The molecular weight excluding hydrogens is 445 g/mol. The number of nitrogens with one attached hydrogen (secondary N) is 2. The van der Waals surface area contributed by atoms with Gasteiger partial charge in [-0.3, -0.25) is 5.32 Å². The molecule has 0 fully saturated rings. The van der Waals surface area contributed by atoms with E-state index in [0.717, 1.165) is 5.56 Å². The molecule has 10 heteroatoms. The summed E-state index contributed by atoms with van der Waals surface area (Å²) in [5.41, 5.74) is 2.99. The Morgan fingerprint density at radius 1 is 0.939 bits per heavy atom. The third-order valence-corrected chi connectivity index (χ3v) is 5.70. The lowest BCUT2D eigenvalue weighted by atomic mass is 10.1. The van der Waals surface area contributed by atoms with Crippen molar-refractivity contribution in [1.29, 1.82) is 0 Å². The molecule has 2 amide bonds. The zero-order valence-corrected chi connectivity index (χ0v) is 18.1. The van der Waals surface area contributed by atoms with E-state index in [0.29, 0.717) is 22.6 Å². The first-order chi connectivity index (χ1) is 15.8. The first kappa shape index (κ1) is 22.2. The smallest absolute Gasteiger partial charge is 0.308 e. The molecule has 0 saturated carbocycles. The number of halogens is 1. The fourth-order valence-electron chi connectivity index (χ4n) is 3.24. The third kappa shape index (κ3) is 5.25. The van der Waals surface area contributed by atoms with E-state index in [2.05, 4.69) is 15.7 Å². The molecule has 0 aliphatic heterocycles. The first-order valence-electron chi connectivity index (χ1n) is 9.85. The fraction of sp³-hybridized carbons (Fsp3) is 0.0435. The predicted molar refractivity (Wildman–Crippen MR) is 124 cm³/mol. The molecule has 8 nitrogen and oxygen atoms in total. The summed E-state index contributed by atoms with van der Waals surface area (Å²) in [6.07, 6.45) is 0. The summed E-state index contributed by atoms with van der Waals surface area (Å²) in [6.45, 7) is -0.633. The van der Waals surface area contributed by atoms with Gasteiger partial charge in [0.1, 0.15) is 6.67 Å². The number of carbonyl (C=O) groups is 1. The highest BCUT2D eigenvalue weighted by molar-refractivity contribution is 7.89. The molecule has 0 spiro atoms. The van der Waals surface area contributed by atoms with Gasteiger partial charge in [0, 0.05) is 17.3 Å². The molecule has 3 aromatic carbocycles. The second-order valence-corrected chi connectivity index (χ2v) is 8.71. The van der Waals surface area contributed by atoms with E-state index < -0.39 is 22.7 Å². The van der Waals surface area contributed by atoms with Crippen molar-refractivity contribution in [3.05, 3.63) is 90.5 Å². The molecular formula is C23H20FN5O3S. The van der Waals surface area contributed by atoms with Crippen LogP contribution in [-0.4, -0.2) is 24.2 Å². The Balaban J connectivity index is 1.64. The summed E-state index contributed by atoms with van der Waals surface area (Å²) in [7, 11) is -3.83. The van der Waals surface area contributed by atoms with Gasteiger partial charge in [0.25, 0.3) is 0 Å². The Morgan fingerprint density at radius 3 is 2.33 bits per heavy atom. The number of nitrogens with two attached hydrogens (primary N) is 1. The molecule has 1 aromatic heterocycles. The molecule has 4 rings (SSSR count). The predicted octanol–water partition coefficient (Wildman–Crippen LogP) is 4.30. The van der Waals surface area contributed by atoms with E-state index in [4.69, 9.17) is 5.14 Å². The summed E-state index contributed by atoms with van der Waals surface area (Å²) in [5, 5.41) is 15.0. The van der Waals surface area contributed by atoms with Gasteiger partial charge in [0.15, 0.2) is 5.82 Å². The quantitative estimate of drug-likeness (QED) is 0.393. The van der Waals surface area contributed by atoms with Crippen molar-refractivity contribution in [3.63, 3.8) is 0 Å². The number of sulfonamides is 1. The Morgan fingerprint density at radius 2 is 1.67 bits per heavy atom. The van der Waals surface area contributed by atoms with Crippen molar-refractivity contribution in [2.24, 2.45) is 5.14 Å². The molecule has 0 bridgehead atoms. The average molecular weight is 466 g/mol. The van der Waals surface area contributed by atoms with Crippen molar-refractivity contribution < 1.29 is 17.6 Å². The van der Waals surface area contributed by atoms with E-state index in [9.17, 15) is 17.6 Å². The van der Waals surface area contributed by atoms with E-state index in [1.807, 2.05) is 30.3 Å². The number of alkyl halides is 1. The number of aromatic nitrogens is 2. The number of carbonyl (C=O) groups excluding carboxylic acids is 1. The maximum atomic E-state index is 12.9. The Hall–Kier alpha value is -4.02. The topological polar surface area (TPSA) is 119 Å². The van der Waals surface area contributed by atoms with Crippen LogP contribution >= 0.6 is 0 Å². The van der Waals surface area contributed by atoms with Gasteiger partial charge in [-0.2, -0.15) is 0 Å². The molecule has 168 valence electrons. The van der Waals surface area contributed by atoms with Crippen molar-refractivity contribution in [2.75, 3.05) is 10.6 Å². The minimum absolute atomic E-state index is 0.0205. The van der Waals surface area contributed by atoms with Gasteiger partial charge in [-0.1, -0.05) is 42.5 Å². The maximum Gasteiger partial charge on any atom is 0.324 e. The van der Waals surface area contributed by atoms with Crippen molar-refractivity contribution >= 4 is 27.6 Å². The van der Waals surface area contributed by atoms with Crippen LogP contribution in [0.3, 0.4) is 0 Å². The lowest BCUT2D eigenvalue weighted by Gasteiger charge is -2.08. The first-order valence-corrected chi connectivity index (χ1v) is 11.4. The zero-order valence-electron chi connectivity index (χ0n) is 17.3. The molecule has 0 aliphatic carbocycles. The second kappa shape index (κ2) is 9.23. The van der Waals surface area contributed by atoms with Gasteiger partial charge in [-0.05, 0) is 42.0 Å². The van der Waals surface area contributed by atoms with E-state index in [1.54, 1.807) is 47.1 Å². The monoisotopic (exact) mass is 465 g/mol. The summed E-state index contributed by atoms with van der Waals surface area (Å²) in [5.74, 6) is 0.267. The zero-order chi connectivity index (χ0) is 23.4. The largest absolute Gasteiger partial charge is 0.324 e. The Bertz CT molecular complexity index is 1390. The van der Waals surface area contributed by atoms with Crippen LogP contribution in [0.2, 0.25) is 0 Å². The van der Waals surface area contributed by atoms with Gasteiger partial charge in [0.2, 0.25) is 10.0 Å². The van der Waals surface area contributed by atoms with Crippen molar-refractivity contribution in [3.8, 4) is 16.9 Å². The number of amides is 2. The number of hydrogen-bond donors (Lipinski definition) is 3. The molecule has 33 heavy (non-hydrogen) atoms. The van der Waals surface area contributed by atoms with Gasteiger partial charge >= 0.3 is 6.03 Å². The highest BCUT2D eigenvalue weighted by Crippen LogP contribution is 2.26. The van der Waals surface area contributed by atoms with E-state index >= 15 is 0 Å². The summed E-state index contributed by atoms with van der Waals surface area (Å²) >= 11 is 0. The standard InChI is InChI=1S/C23H20FN5O3S/c24-15-16-5-4-8-18(13-16)26-23(30)27-22-14-21(17-6-2-1-3-7-17)29(28-22)19-9-11-20(12-10-19)33(25,31)32/h1-14H,15H2,(H2,25,31,32)(H2,26,27,28,30). The minimum Gasteiger partial charge on any atom is -0.308 e. The van der Waals surface area contributed by atoms with Crippen LogP contribution in [0.1, 0.15) is 5.56 Å². The number of anilines is 2. The Kier molecular flexibility index (Phi) is 6.20. The number of hydrogen-bond acceptors (Lipinski definition) is 4. The van der Waals surface area contributed by atoms with Gasteiger partial charge in [-0.15, -0.1) is 5.10 Å². The maximum absolute atomic E-state index is 12.9. The SMILES string of the molecule is NS(=O)(=O)c1ccc(-n2nc(NC(=O)Nc3cccc(CF)c3)cc2-c2ccccc2)cc1. The van der Waals surface area contributed by atoms with E-state index in [1.165, 1.54) is 12.1 Å². The third-order valence-electron chi connectivity index (χ3n) is 4.77. The van der Waals surface area contributed by atoms with Crippen LogP contribution < -0.4 is 15.8 Å². The Labute approximate surface area is 189 Å². The number of rotatable bonds is 6. The normalized spacial score (nSPS) is 11.2. The van der Waals surface area contributed by atoms with Crippen molar-refractivity contribution in [1.82, 2.24) is 9.78 Å².